The first kappa shape index (κ1) is 20.3. The van der Waals surface area contributed by atoms with E-state index in [0.717, 1.165) is 5.69 Å². The summed E-state index contributed by atoms with van der Waals surface area (Å²) in [6.07, 6.45) is 0.190. The van der Waals surface area contributed by atoms with Gasteiger partial charge in [-0.1, -0.05) is 12.1 Å². The van der Waals surface area contributed by atoms with E-state index in [9.17, 15) is 19.2 Å². The van der Waals surface area contributed by atoms with Gasteiger partial charge in [-0.25, -0.2) is 4.39 Å². The van der Waals surface area contributed by atoms with Gasteiger partial charge in [0.25, 0.3) is 0 Å². The number of rotatable bonds is 5. The second-order valence-corrected chi connectivity index (χ2v) is 6.89. The molecule has 1 aliphatic rings. The molecule has 0 atom stereocenters. The zero-order valence-corrected chi connectivity index (χ0v) is 16.3. The summed E-state index contributed by atoms with van der Waals surface area (Å²) in [5.74, 6) is -0.498. The van der Waals surface area contributed by atoms with E-state index in [2.05, 4.69) is 11.0 Å². The van der Waals surface area contributed by atoms with Gasteiger partial charge in [0, 0.05) is 51.8 Å². The second-order valence-electron chi connectivity index (χ2n) is 6.89. The number of benzene rings is 2. The number of carbonyl (C=O) groups excluding carboxylic acids is 2. The maximum Gasteiger partial charge on any atom is 0.224 e. The lowest BCUT2D eigenvalue weighted by atomic mass is 10.1. The number of piperazine rings is 1. The van der Waals surface area contributed by atoms with Crippen molar-refractivity contribution < 1.29 is 14.0 Å². The third-order valence-corrected chi connectivity index (χ3v) is 5.07. The molecule has 3 rings (SSSR count). The number of nitrogens with zero attached hydrogens (tertiary/aromatic N) is 4. The van der Waals surface area contributed by atoms with Crippen molar-refractivity contribution in [3.63, 3.8) is 0 Å². The summed E-state index contributed by atoms with van der Waals surface area (Å²) in [4.78, 5) is 30.1. The molecule has 1 fully saturated rings. The fraction of sp³-hybridized carbons (Fsp3) is 0.318. The van der Waals surface area contributed by atoms with Crippen molar-refractivity contribution in [2.45, 2.75) is 13.3 Å². The highest BCUT2D eigenvalue weighted by molar-refractivity contribution is 5.93. The van der Waals surface area contributed by atoms with Gasteiger partial charge in [-0.15, -0.1) is 0 Å². The summed E-state index contributed by atoms with van der Waals surface area (Å²) in [5.41, 5.74) is 1.87. The molecule has 0 spiro atoms. The van der Waals surface area contributed by atoms with E-state index in [1.807, 2.05) is 0 Å². The number of nitriles is 1. The van der Waals surface area contributed by atoms with Crippen LogP contribution >= 0.6 is 0 Å². The van der Waals surface area contributed by atoms with Crippen LogP contribution in [0.4, 0.5) is 15.8 Å². The van der Waals surface area contributed by atoms with Crippen LogP contribution in [0.15, 0.2) is 48.5 Å². The monoisotopic (exact) mass is 394 g/mol. The molecule has 0 bridgehead atoms. The van der Waals surface area contributed by atoms with Crippen molar-refractivity contribution in [3.8, 4) is 6.07 Å². The minimum atomic E-state index is -0.268. The van der Waals surface area contributed by atoms with Crippen LogP contribution in [0.3, 0.4) is 0 Å². The Morgan fingerprint density at radius 1 is 1.07 bits per heavy atom. The lowest BCUT2D eigenvalue weighted by Gasteiger charge is -2.36. The highest BCUT2D eigenvalue weighted by Gasteiger charge is 2.23. The molecule has 0 saturated carbocycles. The number of hydrogen-bond acceptors (Lipinski definition) is 4. The number of para-hydroxylation sites is 1. The fourth-order valence-corrected chi connectivity index (χ4v) is 3.48. The molecule has 0 radical (unpaired) electrons. The molecule has 6 nitrogen and oxygen atoms in total. The molecule has 2 aromatic rings. The molecule has 2 amide bonds. The van der Waals surface area contributed by atoms with Gasteiger partial charge in [0.15, 0.2) is 0 Å². The quantitative estimate of drug-likeness (QED) is 0.782. The number of carbonyl (C=O) groups is 2. The lowest BCUT2D eigenvalue weighted by molar-refractivity contribution is -0.131. The predicted octanol–water partition coefficient (Wildman–Crippen LogP) is 2.79. The molecule has 7 heteroatoms. The van der Waals surface area contributed by atoms with E-state index in [4.69, 9.17) is 0 Å². The minimum Gasteiger partial charge on any atom is -0.368 e. The van der Waals surface area contributed by atoms with Crippen molar-refractivity contribution in [1.82, 2.24) is 4.90 Å². The van der Waals surface area contributed by atoms with Gasteiger partial charge in [-0.05, 0) is 36.4 Å². The minimum absolute atomic E-state index is 0.0237. The SMILES string of the molecule is CC(=O)N(CCC(=O)N1CCN(c2ccc(F)cc2)CC1)c1ccccc1C#N. The van der Waals surface area contributed by atoms with Gasteiger partial charge < -0.3 is 14.7 Å². The summed E-state index contributed by atoms with van der Waals surface area (Å²) >= 11 is 0. The van der Waals surface area contributed by atoms with Gasteiger partial charge in [0.2, 0.25) is 11.8 Å². The average molecular weight is 394 g/mol. The summed E-state index contributed by atoms with van der Waals surface area (Å²) in [7, 11) is 0. The zero-order chi connectivity index (χ0) is 20.8. The van der Waals surface area contributed by atoms with Crippen LogP contribution in [-0.4, -0.2) is 49.4 Å². The van der Waals surface area contributed by atoms with Crippen LogP contribution < -0.4 is 9.80 Å². The van der Waals surface area contributed by atoms with Gasteiger partial charge in [-0.2, -0.15) is 5.26 Å². The first-order valence-corrected chi connectivity index (χ1v) is 9.55. The summed E-state index contributed by atoms with van der Waals surface area (Å²) in [6, 6.07) is 15.3. The average Bonchev–Trinajstić information content (AvgIpc) is 2.74. The van der Waals surface area contributed by atoms with E-state index >= 15 is 0 Å². The van der Waals surface area contributed by atoms with Gasteiger partial charge in [0.05, 0.1) is 11.3 Å². The molecule has 0 aromatic heterocycles. The molecule has 0 N–H and O–H groups in total. The van der Waals surface area contributed by atoms with Gasteiger partial charge >= 0.3 is 0 Å². The number of hydrogen-bond donors (Lipinski definition) is 0. The predicted molar refractivity (Wildman–Crippen MR) is 109 cm³/mol. The summed E-state index contributed by atoms with van der Waals surface area (Å²) < 4.78 is 13.1. The lowest BCUT2D eigenvalue weighted by Crippen LogP contribution is -2.49. The second kappa shape index (κ2) is 9.20. The van der Waals surface area contributed by atoms with E-state index < -0.39 is 0 Å². The van der Waals surface area contributed by atoms with Crippen LogP contribution in [0, 0.1) is 17.1 Å². The molecule has 0 unspecified atom stereocenters. The molecule has 1 saturated heterocycles. The van der Waals surface area contributed by atoms with Gasteiger partial charge in [-0.3, -0.25) is 9.59 Å². The Bertz CT molecular complexity index is 915. The first-order valence-electron chi connectivity index (χ1n) is 9.55. The van der Waals surface area contributed by atoms with Crippen LogP contribution in [0.1, 0.15) is 18.9 Å². The van der Waals surface area contributed by atoms with Crippen LogP contribution in [0.2, 0.25) is 0 Å². The largest absolute Gasteiger partial charge is 0.368 e. The number of anilines is 2. The molecule has 0 aliphatic carbocycles. The smallest absolute Gasteiger partial charge is 0.224 e. The topological polar surface area (TPSA) is 67.7 Å². The maximum absolute atomic E-state index is 13.1. The molecular weight excluding hydrogens is 371 g/mol. The van der Waals surface area contributed by atoms with Crippen LogP contribution in [0.5, 0.6) is 0 Å². The maximum atomic E-state index is 13.1. The Morgan fingerprint density at radius 2 is 1.72 bits per heavy atom. The van der Waals surface area contributed by atoms with Crippen LogP contribution in [-0.2, 0) is 9.59 Å². The highest BCUT2D eigenvalue weighted by Crippen LogP contribution is 2.21. The molecule has 29 heavy (non-hydrogen) atoms. The van der Waals surface area contributed by atoms with Crippen molar-refractivity contribution >= 4 is 23.2 Å². The third kappa shape index (κ3) is 4.91. The van der Waals surface area contributed by atoms with Gasteiger partial charge in [0.1, 0.15) is 11.9 Å². The molecule has 150 valence electrons. The van der Waals surface area contributed by atoms with E-state index in [-0.39, 0.29) is 30.6 Å². The third-order valence-electron chi connectivity index (χ3n) is 5.07. The number of amides is 2. The summed E-state index contributed by atoms with van der Waals surface area (Å²) in [6.45, 7) is 4.15. The fourth-order valence-electron chi connectivity index (χ4n) is 3.48. The van der Waals surface area contributed by atoms with Crippen molar-refractivity contribution in [2.75, 3.05) is 42.5 Å². The summed E-state index contributed by atoms with van der Waals surface area (Å²) in [5, 5.41) is 9.28. The molecule has 1 aliphatic heterocycles. The molecule has 2 aromatic carbocycles. The Balaban J connectivity index is 1.57. The molecule has 1 heterocycles. The standard InChI is InChI=1S/C22H23FN4O2/c1-17(28)27(21-5-3-2-4-18(21)16-24)11-10-22(29)26-14-12-25(13-15-26)20-8-6-19(23)7-9-20/h2-9H,10-15H2,1H3. The molecular formula is C22H23FN4O2. The van der Waals surface area contributed by atoms with E-state index in [1.54, 1.807) is 41.3 Å². The first-order chi connectivity index (χ1) is 14.0. The zero-order valence-electron chi connectivity index (χ0n) is 16.3. The normalized spacial score (nSPS) is 13.7. The van der Waals surface area contributed by atoms with E-state index in [0.29, 0.717) is 37.4 Å². The highest BCUT2D eigenvalue weighted by atomic mass is 19.1. The Kier molecular flexibility index (Phi) is 6.45. The van der Waals surface area contributed by atoms with Crippen molar-refractivity contribution in [2.24, 2.45) is 0 Å². The van der Waals surface area contributed by atoms with Crippen molar-refractivity contribution in [3.05, 3.63) is 59.9 Å². The van der Waals surface area contributed by atoms with Crippen LogP contribution in [0.25, 0.3) is 0 Å². The Morgan fingerprint density at radius 3 is 2.34 bits per heavy atom. The Labute approximate surface area is 169 Å². The number of halogens is 1. The Hall–Kier alpha value is -3.40. The van der Waals surface area contributed by atoms with E-state index in [1.165, 1.54) is 24.0 Å². The van der Waals surface area contributed by atoms with Crippen molar-refractivity contribution in [1.29, 1.82) is 5.26 Å².